The van der Waals surface area contributed by atoms with Gasteiger partial charge in [-0.3, -0.25) is 9.59 Å². The summed E-state index contributed by atoms with van der Waals surface area (Å²) in [6.07, 6.45) is 8.10. The third-order valence-electron chi connectivity index (χ3n) is 4.56. The first-order valence-electron chi connectivity index (χ1n) is 10.5. The van der Waals surface area contributed by atoms with Gasteiger partial charge in [0, 0.05) is 13.0 Å². The first-order valence-corrected chi connectivity index (χ1v) is 10.5. The Morgan fingerprint density at radius 2 is 1.29 bits per heavy atom. The maximum Gasteiger partial charge on any atom is 0.313 e. The molecule has 0 aromatic heterocycles. The molecule has 0 bridgehead atoms. The second-order valence-corrected chi connectivity index (χ2v) is 7.94. The number of carbonyl (C=O) groups excluding carboxylic acids is 1. The maximum atomic E-state index is 12.6. The van der Waals surface area contributed by atoms with E-state index in [2.05, 4.69) is 0 Å². The number of ether oxygens (including phenoxy) is 1. The van der Waals surface area contributed by atoms with Gasteiger partial charge in [-0.1, -0.05) is 35.5 Å². The Labute approximate surface area is 185 Å². The van der Waals surface area contributed by atoms with Gasteiger partial charge in [0.1, 0.15) is 0 Å². The van der Waals surface area contributed by atoms with Crippen molar-refractivity contribution in [3.63, 3.8) is 0 Å². The van der Waals surface area contributed by atoms with Gasteiger partial charge in [-0.2, -0.15) is 0 Å². The Morgan fingerprint density at radius 1 is 0.806 bits per heavy atom. The van der Waals surface area contributed by atoms with E-state index in [0.29, 0.717) is 24.0 Å². The molecule has 0 aliphatic heterocycles. The molecule has 2 atom stereocenters. The fourth-order valence-corrected chi connectivity index (χ4v) is 2.73. The lowest BCUT2D eigenvalue weighted by atomic mass is 9.99. The number of aliphatic carboxylic acids is 1. The monoisotopic (exact) mass is 438 g/mol. The van der Waals surface area contributed by atoms with E-state index in [1.54, 1.807) is 6.08 Å². The largest absolute Gasteiger partial charge is 0.481 e. The standard InChI is InChI=1S/C24H38O7/c1-17(2)5-7-21(23(28)29)13-20(16-27)10-12-31-24(30)22(8-6-18(3)4)14-19(15-26)9-11-25/h5-6,13-14,21-22,25-27H,7-12,15-16H2,1-4H3,(H,28,29)/b19-14+,20-13-/t21-,22-/m0/s1. The molecule has 0 aliphatic rings. The van der Waals surface area contributed by atoms with Gasteiger partial charge in [-0.25, -0.2) is 0 Å². The smallest absolute Gasteiger partial charge is 0.313 e. The number of rotatable bonds is 15. The van der Waals surface area contributed by atoms with Crippen LogP contribution in [0.5, 0.6) is 0 Å². The Kier molecular flexibility index (Phi) is 15.3. The van der Waals surface area contributed by atoms with Crippen molar-refractivity contribution in [3.05, 3.63) is 46.6 Å². The lowest BCUT2D eigenvalue weighted by molar-refractivity contribution is -0.146. The van der Waals surface area contributed by atoms with Crippen LogP contribution in [0.15, 0.2) is 46.6 Å². The fourth-order valence-electron chi connectivity index (χ4n) is 2.73. The van der Waals surface area contributed by atoms with Crippen molar-refractivity contribution in [2.24, 2.45) is 11.8 Å². The summed E-state index contributed by atoms with van der Waals surface area (Å²) in [7, 11) is 0. The summed E-state index contributed by atoms with van der Waals surface area (Å²) in [6, 6.07) is 0. The Hall–Kier alpha value is -2.22. The molecule has 4 N–H and O–H groups in total. The van der Waals surface area contributed by atoms with Crippen LogP contribution < -0.4 is 0 Å². The van der Waals surface area contributed by atoms with Gasteiger partial charge in [-0.15, -0.1) is 0 Å². The van der Waals surface area contributed by atoms with Crippen LogP contribution in [0.25, 0.3) is 0 Å². The van der Waals surface area contributed by atoms with E-state index in [9.17, 15) is 24.9 Å². The van der Waals surface area contributed by atoms with Crippen molar-refractivity contribution in [2.75, 3.05) is 26.4 Å². The van der Waals surface area contributed by atoms with E-state index in [4.69, 9.17) is 9.84 Å². The SMILES string of the molecule is CC(C)=CC[C@@H](/C=C(\CO)CCOC(=O)[C@H](/C=C(/CO)CCO)CC=C(C)C)C(=O)O. The summed E-state index contributed by atoms with van der Waals surface area (Å²) in [5.41, 5.74) is 3.11. The fraction of sp³-hybridized carbons (Fsp3) is 0.583. The van der Waals surface area contributed by atoms with Crippen molar-refractivity contribution < 1.29 is 34.8 Å². The van der Waals surface area contributed by atoms with Gasteiger partial charge >= 0.3 is 11.9 Å². The summed E-state index contributed by atoms with van der Waals surface area (Å²) in [5, 5.41) is 37.5. The normalized spacial score (nSPS) is 13.9. The number of carboxylic acids is 1. The van der Waals surface area contributed by atoms with Gasteiger partial charge < -0.3 is 25.2 Å². The van der Waals surface area contributed by atoms with Crippen LogP contribution in [0.1, 0.15) is 53.4 Å². The number of allylic oxidation sites excluding steroid dienone is 4. The van der Waals surface area contributed by atoms with E-state index in [0.717, 1.165) is 11.1 Å². The first kappa shape index (κ1) is 28.8. The molecule has 0 aromatic rings. The molecule has 0 rings (SSSR count). The number of esters is 1. The zero-order chi connectivity index (χ0) is 23.8. The molecule has 0 heterocycles. The highest BCUT2D eigenvalue weighted by atomic mass is 16.5. The molecule has 0 spiro atoms. The minimum Gasteiger partial charge on any atom is -0.481 e. The molecule has 0 unspecified atom stereocenters. The zero-order valence-corrected chi connectivity index (χ0v) is 19.1. The molecule has 0 aliphatic carbocycles. The van der Waals surface area contributed by atoms with Crippen LogP contribution in [0.4, 0.5) is 0 Å². The highest BCUT2D eigenvalue weighted by Gasteiger charge is 2.18. The van der Waals surface area contributed by atoms with Crippen molar-refractivity contribution in [2.45, 2.75) is 53.4 Å². The molecule has 0 saturated heterocycles. The third kappa shape index (κ3) is 13.6. The molecule has 7 heteroatoms. The lowest BCUT2D eigenvalue weighted by Crippen LogP contribution is -2.18. The summed E-state index contributed by atoms with van der Waals surface area (Å²) in [5.74, 6) is -2.81. The number of aliphatic hydroxyl groups excluding tert-OH is 3. The van der Waals surface area contributed by atoms with Crippen molar-refractivity contribution in [1.29, 1.82) is 0 Å². The van der Waals surface area contributed by atoms with Gasteiger partial charge in [-0.05, 0) is 58.1 Å². The molecule has 176 valence electrons. The van der Waals surface area contributed by atoms with Crippen LogP contribution in [0.3, 0.4) is 0 Å². The van der Waals surface area contributed by atoms with Crippen molar-refractivity contribution in [1.82, 2.24) is 0 Å². The second-order valence-electron chi connectivity index (χ2n) is 7.94. The van der Waals surface area contributed by atoms with Gasteiger partial charge in [0.25, 0.3) is 0 Å². The minimum atomic E-state index is -0.979. The number of hydrogen-bond donors (Lipinski definition) is 4. The minimum absolute atomic E-state index is 0.00777. The zero-order valence-electron chi connectivity index (χ0n) is 19.1. The predicted octanol–water partition coefficient (Wildman–Crippen LogP) is 3.17. The average molecular weight is 439 g/mol. The van der Waals surface area contributed by atoms with E-state index in [1.807, 2.05) is 39.8 Å². The number of carboxylic acid groups (broad SMARTS) is 1. The summed E-state index contributed by atoms with van der Waals surface area (Å²) in [6.45, 7) is 6.92. The molecule has 31 heavy (non-hydrogen) atoms. The molecular weight excluding hydrogens is 400 g/mol. The van der Waals surface area contributed by atoms with Crippen molar-refractivity contribution >= 4 is 11.9 Å². The van der Waals surface area contributed by atoms with Crippen LogP contribution in [0.2, 0.25) is 0 Å². The number of hydrogen-bond acceptors (Lipinski definition) is 6. The number of aliphatic hydroxyl groups is 3. The third-order valence-corrected chi connectivity index (χ3v) is 4.56. The number of carbonyl (C=O) groups is 2. The van der Waals surface area contributed by atoms with Crippen LogP contribution >= 0.6 is 0 Å². The van der Waals surface area contributed by atoms with Gasteiger partial charge in [0.05, 0.1) is 31.7 Å². The second kappa shape index (κ2) is 16.5. The predicted molar refractivity (Wildman–Crippen MR) is 120 cm³/mol. The Balaban J connectivity index is 5.17. The first-order chi connectivity index (χ1) is 14.6. The molecule has 0 amide bonds. The topological polar surface area (TPSA) is 124 Å². The molecule has 0 radical (unpaired) electrons. The van der Waals surface area contributed by atoms with E-state index in [1.165, 1.54) is 6.08 Å². The summed E-state index contributed by atoms with van der Waals surface area (Å²) in [4.78, 5) is 24.0. The van der Waals surface area contributed by atoms with Gasteiger partial charge in [0.15, 0.2) is 0 Å². The molecular formula is C24H38O7. The lowest BCUT2D eigenvalue weighted by Gasteiger charge is -2.14. The van der Waals surface area contributed by atoms with Crippen LogP contribution in [-0.4, -0.2) is 58.8 Å². The van der Waals surface area contributed by atoms with E-state index >= 15 is 0 Å². The molecule has 0 saturated carbocycles. The van der Waals surface area contributed by atoms with Crippen LogP contribution in [-0.2, 0) is 14.3 Å². The van der Waals surface area contributed by atoms with Crippen LogP contribution in [0, 0.1) is 11.8 Å². The molecule has 0 aromatic carbocycles. The Bertz CT molecular complexity index is 678. The molecule has 7 nitrogen and oxygen atoms in total. The quantitative estimate of drug-likeness (QED) is 0.229. The van der Waals surface area contributed by atoms with E-state index in [-0.39, 0.29) is 39.3 Å². The highest BCUT2D eigenvalue weighted by molar-refractivity contribution is 5.75. The summed E-state index contributed by atoms with van der Waals surface area (Å²) >= 11 is 0. The average Bonchev–Trinajstić information content (AvgIpc) is 2.71. The highest BCUT2D eigenvalue weighted by Crippen LogP contribution is 2.17. The van der Waals surface area contributed by atoms with Gasteiger partial charge in [0.2, 0.25) is 0 Å². The van der Waals surface area contributed by atoms with E-state index < -0.39 is 23.8 Å². The maximum absolute atomic E-state index is 12.6. The summed E-state index contributed by atoms with van der Waals surface area (Å²) < 4.78 is 5.36. The molecule has 0 fully saturated rings. The van der Waals surface area contributed by atoms with Crippen molar-refractivity contribution in [3.8, 4) is 0 Å². The Morgan fingerprint density at radius 3 is 1.74 bits per heavy atom.